The number of nitrogens with one attached hydrogen (secondary N) is 1. The van der Waals surface area contributed by atoms with Gasteiger partial charge in [0.05, 0.1) is 17.0 Å². The van der Waals surface area contributed by atoms with Crippen LogP contribution in [0.25, 0.3) is 11.1 Å². The van der Waals surface area contributed by atoms with Crippen molar-refractivity contribution in [2.24, 2.45) is 0 Å². The molecule has 21 heavy (non-hydrogen) atoms. The summed E-state index contributed by atoms with van der Waals surface area (Å²) in [4.78, 5) is 17.7. The Kier molecular flexibility index (Phi) is 3.40. The molecule has 0 fully saturated rings. The Labute approximate surface area is 123 Å². The van der Waals surface area contributed by atoms with Gasteiger partial charge in [-0.2, -0.15) is 4.31 Å². The average Bonchev–Trinajstić information content (AvgIpc) is 3.05. The van der Waals surface area contributed by atoms with Crippen LogP contribution < -0.4 is 5.76 Å². The Morgan fingerprint density at radius 2 is 2.24 bits per heavy atom. The van der Waals surface area contributed by atoms with E-state index in [2.05, 4.69) is 9.97 Å². The molecular weight excluding hydrogens is 314 g/mol. The van der Waals surface area contributed by atoms with Gasteiger partial charge in [-0.3, -0.25) is 4.98 Å². The van der Waals surface area contributed by atoms with Crippen molar-refractivity contribution in [2.45, 2.75) is 11.4 Å². The standard InChI is InChI=1S/C12H11N3O4S2/c1-15(7-11-13-4-5-20-11)21(17,18)8-2-3-9-10(6-8)19-12(16)14-9/h2-6H,7H2,1H3,(H,14,16). The second-order valence-electron chi connectivity index (χ2n) is 4.36. The van der Waals surface area contributed by atoms with E-state index in [4.69, 9.17) is 4.42 Å². The lowest BCUT2D eigenvalue weighted by molar-refractivity contribution is 0.465. The largest absolute Gasteiger partial charge is 0.417 e. The molecule has 3 rings (SSSR count). The predicted octanol–water partition coefficient (Wildman–Crippen LogP) is 1.40. The molecule has 0 unspecified atom stereocenters. The Balaban J connectivity index is 1.96. The number of H-pyrrole nitrogens is 1. The van der Waals surface area contributed by atoms with Gasteiger partial charge in [0.25, 0.3) is 0 Å². The smallest absolute Gasteiger partial charge is 0.408 e. The molecule has 1 aromatic carbocycles. The first-order valence-electron chi connectivity index (χ1n) is 5.94. The van der Waals surface area contributed by atoms with E-state index in [-0.39, 0.29) is 17.0 Å². The third-order valence-electron chi connectivity index (χ3n) is 2.94. The quantitative estimate of drug-likeness (QED) is 0.782. The second-order valence-corrected chi connectivity index (χ2v) is 7.38. The SMILES string of the molecule is CN(Cc1nccs1)S(=O)(=O)c1ccc2[nH]c(=O)oc2c1. The van der Waals surface area contributed by atoms with Crippen LogP contribution in [0.15, 0.2) is 43.9 Å². The van der Waals surface area contributed by atoms with Crippen LogP contribution in [-0.4, -0.2) is 29.7 Å². The molecular formula is C12H11N3O4S2. The summed E-state index contributed by atoms with van der Waals surface area (Å²) in [5.41, 5.74) is 0.672. The van der Waals surface area contributed by atoms with E-state index in [1.54, 1.807) is 11.6 Å². The second kappa shape index (κ2) is 5.10. The van der Waals surface area contributed by atoms with Gasteiger partial charge in [0.2, 0.25) is 10.0 Å². The molecule has 0 bridgehead atoms. The lowest BCUT2D eigenvalue weighted by atomic mass is 10.3. The van der Waals surface area contributed by atoms with Gasteiger partial charge in [0.1, 0.15) is 5.01 Å². The van der Waals surface area contributed by atoms with Gasteiger partial charge >= 0.3 is 5.76 Å². The van der Waals surface area contributed by atoms with E-state index in [1.807, 2.05) is 0 Å². The number of thiazole rings is 1. The molecule has 9 heteroatoms. The third-order valence-corrected chi connectivity index (χ3v) is 5.51. The number of aromatic amines is 1. The molecule has 0 aliphatic carbocycles. The zero-order valence-electron chi connectivity index (χ0n) is 10.9. The Hall–Kier alpha value is -1.97. The Morgan fingerprint density at radius 1 is 1.43 bits per heavy atom. The fraction of sp³-hybridized carbons (Fsp3) is 0.167. The minimum Gasteiger partial charge on any atom is -0.408 e. The van der Waals surface area contributed by atoms with Crippen LogP contribution in [0.4, 0.5) is 0 Å². The van der Waals surface area contributed by atoms with Crippen LogP contribution in [0.5, 0.6) is 0 Å². The highest BCUT2D eigenvalue weighted by Crippen LogP contribution is 2.21. The van der Waals surface area contributed by atoms with Gasteiger partial charge in [0.15, 0.2) is 5.58 Å². The van der Waals surface area contributed by atoms with E-state index in [9.17, 15) is 13.2 Å². The Morgan fingerprint density at radius 3 is 2.95 bits per heavy atom. The first-order valence-corrected chi connectivity index (χ1v) is 8.26. The number of aromatic nitrogens is 2. The topological polar surface area (TPSA) is 96.3 Å². The first-order chi connectivity index (χ1) is 9.96. The van der Waals surface area contributed by atoms with E-state index < -0.39 is 15.8 Å². The van der Waals surface area contributed by atoms with Crippen molar-refractivity contribution >= 4 is 32.5 Å². The zero-order chi connectivity index (χ0) is 15.0. The van der Waals surface area contributed by atoms with Crippen molar-refractivity contribution in [3.05, 3.63) is 45.3 Å². The molecule has 2 heterocycles. The summed E-state index contributed by atoms with van der Waals surface area (Å²) in [5.74, 6) is -0.615. The fourth-order valence-corrected chi connectivity index (χ4v) is 3.77. The third kappa shape index (κ3) is 2.62. The van der Waals surface area contributed by atoms with Crippen LogP contribution >= 0.6 is 11.3 Å². The van der Waals surface area contributed by atoms with Crippen molar-refractivity contribution in [3.63, 3.8) is 0 Å². The van der Waals surface area contributed by atoms with Gasteiger partial charge in [-0.15, -0.1) is 11.3 Å². The number of fused-ring (bicyclic) bond motifs is 1. The van der Waals surface area contributed by atoms with Crippen LogP contribution in [0.3, 0.4) is 0 Å². The molecule has 110 valence electrons. The number of rotatable bonds is 4. The summed E-state index contributed by atoms with van der Waals surface area (Å²) < 4.78 is 31.1. The molecule has 0 aliphatic rings. The molecule has 0 saturated heterocycles. The predicted molar refractivity (Wildman–Crippen MR) is 77.6 cm³/mol. The van der Waals surface area contributed by atoms with Crippen LogP contribution in [0.1, 0.15) is 5.01 Å². The fourth-order valence-electron chi connectivity index (χ4n) is 1.87. The normalized spacial score (nSPS) is 12.3. The maximum absolute atomic E-state index is 12.5. The molecule has 1 N–H and O–H groups in total. The van der Waals surface area contributed by atoms with Crippen molar-refractivity contribution < 1.29 is 12.8 Å². The molecule has 7 nitrogen and oxygen atoms in total. The number of sulfonamides is 1. The molecule has 0 atom stereocenters. The maximum atomic E-state index is 12.5. The molecule has 0 spiro atoms. The number of hydrogen-bond acceptors (Lipinski definition) is 6. The minimum atomic E-state index is -3.67. The maximum Gasteiger partial charge on any atom is 0.417 e. The Bertz CT molecular complexity index is 925. The zero-order valence-corrected chi connectivity index (χ0v) is 12.6. The molecule has 3 aromatic rings. The minimum absolute atomic E-state index is 0.0665. The monoisotopic (exact) mass is 325 g/mol. The highest BCUT2D eigenvalue weighted by Gasteiger charge is 2.22. The molecule has 0 aliphatic heterocycles. The van der Waals surface area contributed by atoms with Crippen molar-refractivity contribution in [2.75, 3.05) is 7.05 Å². The highest BCUT2D eigenvalue weighted by atomic mass is 32.2. The highest BCUT2D eigenvalue weighted by molar-refractivity contribution is 7.89. The number of benzene rings is 1. The van der Waals surface area contributed by atoms with Crippen LogP contribution in [0.2, 0.25) is 0 Å². The summed E-state index contributed by atoms with van der Waals surface area (Å²) in [6, 6.07) is 4.27. The van der Waals surface area contributed by atoms with E-state index in [0.717, 1.165) is 0 Å². The number of hydrogen-bond donors (Lipinski definition) is 1. The molecule has 0 amide bonds. The first kappa shape index (κ1) is 14.0. The van der Waals surface area contributed by atoms with Gasteiger partial charge < -0.3 is 4.42 Å². The molecule has 0 radical (unpaired) electrons. The molecule has 2 aromatic heterocycles. The lowest BCUT2D eigenvalue weighted by Gasteiger charge is -2.15. The summed E-state index contributed by atoms with van der Waals surface area (Å²) >= 11 is 1.39. The number of nitrogens with zero attached hydrogens (tertiary/aromatic N) is 2. The summed E-state index contributed by atoms with van der Waals surface area (Å²) in [6.07, 6.45) is 1.63. The lowest BCUT2D eigenvalue weighted by Crippen LogP contribution is -2.26. The van der Waals surface area contributed by atoms with E-state index in [0.29, 0.717) is 10.5 Å². The average molecular weight is 325 g/mol. The summed E-state index contributed by atoms with van der Waals surface area (Å²) in [5, 5.41) is 2.49. The van der Waals surface area contributed by atoms with E-state index >= 15 is 0 Å². The van der Waals surface area contributed by atoms with Crippen molar-refractivity contribution in [3.8, 4) is 0 Å². The summed E-state index contributed by atoms with van der Waals surface area (Å²) in [7, 11) is -2.19. The van der Waals surface area contributed by atoms with Crippen LogP contribution in [-0.2, 0) is 16.6 Å². The van der Waals surface area contributed by atoms with Gasteiger partial charge in [-0.25, -0.2) is 18.2 Å². The van der Waals surface area contributed by atoms with Crippen LogP contribution in [0, 0.1) is 0 Å². The van der Waals surface area contributed by atoms with Gasteiger partial charge in [0, 0.05) is 24.7 Å². The number of oxazole rings is 1. The van der Waals surface area contributed by atoms with E-state index in [1.165, 1.54) is 40.9 Å². The van der Waals surface area contributed by atoms with Gasteiger partial charge in [-0.05, 0) is 12.1 Å². The molecule has 0 saturated carbocycles. The van der Waals surface area contributed by atoms with Crippen molar-refractivity contribution in [1.29, 1.82) is 0 Å². The summed E-state index contributed by atoms with van der Waals surface area (Å²) in [6.45, 7) is 0.190. The van der Waals surface area contributed by atoms with Gasteiger partial charge in [-0.1, -0.05) is 0 Å². The van der Waals surface area contributed by atoms with Crippen molar-refractivity contribution in [1.82, 2.24) is 14.3 Å².